The summed E-state index contributed by atoms with van der Waals surface area (Å²) < 4.78 is 0. The summed E-state index contributed by atoms with van der Waals surface area (Å²) >= 11 is 0. The lowest BCUT2D eigenvalue weighted by atomic mass is 9.85. The molecule has 102 valence electrons. The third kappa shape index (κ3) is 2.28. The van der Waals surface area contributed by atoms with Gasteiger partial charge in [0.15, 0.2) is 11.3 Å². The van der Waals surface area contributed by atoms with Crippen molar-refractivity contribution in [2.24, 2.45) is 5.73 Å². The van der Waals surface area contributed by atoms with Crippen LogP contribution in [0.3, 0.4) is 0 Å². The van der Waals surface area contributed by atoms with Crippen molar-refractivity contribution in [1.29, 1.82) is 0 Å². The molecule has 1 aromatic rings. The molecule has 1 heterocycles. The van der Waals surface area contributed by atoms with E-state index in [1.807, 2.05) is 17.9 Å². The Balaban J connectivity index is 2.40. The summed E-state index contributed by atoms with van der Waals surface area (Å²) in [6.45, 7) is 3.52. The average Bonchev–Trinajstić information content (AvgIpc) is 2.84. The minimum absolute atomic E-state index is 0.161. The summed E-state index contributed by atoms with van der Waals surface area (Å²) in [5.74, 6) is -0.682. The molecule has 1 amide bonds. The van der Waals surface area contributed by atoms with E-state index < -0.39 is 11.4 Å². The molecule has 1 saturated heterocycles. The SMILES string of the molecule is CCCN1CCC[C@@]1(C(N)=O)C(=O)c1ccccc1. The number of hydrogen-bond donors (Lipinski definition) is 1. The minimum atomic E-state index is -1.14. The Morgan fingerprint density at radius 3 is 2.58 bits per heavy atom. The van der Waals surface area contributed by atoms with E-state index in [1.165, 1.54) is 0 Å². The van der Waals surface area contributed by atoms with Gasteiger partial charge >= 0.3 is 0 Å². The van der Waals surface area contributed by atoms with Gasteiger partial charge in [-0.2, -0.15) is 0 Å². The molecule has 0 saturated carbocycles. The molecule has 0 spiro atoms. The smallest absolute Gasteiger partial charge is 0.246 e. The van der Waals surface area contributed by atoms with Crippen LogP contribution in [0.1, 0.15) is 36.5 Å². The van der Waals surface area contributed by atoms with Crippen molar-refractivity contribution in [1.82, 2.24) is 4.90 Å². The fraction of sp³-hybridized carbons (Fsp3) is 0.467. The van der Waals surface area contributed by atoms with Crippen LogP contribution in [0.2, 0.25) is 0 Å². The van der Waals surface area contributed by atoms with Gasteiger partial charge in [-0.15, -0.1) is 0 Å². The quantitative estimate of drug-likeness (QED) is 0.646. The van der Waals surface area contributed by atoms with Crippen LogP contribution < -0.4 is 5.73 Å². The van der Waals surface area contributed by atoms with Gasteiger partial charge in [-0.05, 0) is 32.4 Å². The predicted octanol–water partition coefficient (Wildman–Crippen LogP) is 1.60. The molecular formula is C15H20N2O2. The van der Waals surface area contributed by atoms with Gasteiger partial charge in [0.2, 0.25) is 5.91 Å². The van der Waals surface area contributed by atoms with Crippen LogP contribution in [0.4, 0.5) is 0 Å². The first kappa shape index (κ1) is 13.7. The van der Waals surface area contributed by atoms with Gasteiger partial charge in [-0.3, -0.25) is 14.5 Å². The predicted molar refractivity (Wildman–Crippen MR) is 73.8 cm³/mol. The van der Waals surface area contributed by atoms with Crippen molar-refractivity contribution in [2.75, 3.05) is 13.1 Å². The highest BCUT2D eigenvalue weighted by Gasteiger charge is 2.51. The zero-order valence-electron chi connectivity index (χ0n) is 11.3. The Bertz CT molecular complexity index is 472. The summed E-state index contributed by atoms with van der Waals surface area (Å²) in [6.07, 6.45) is 2.26. The summed E-state index contributed by atoms with van der Waals surface area (Å²) in [4.78, 5) is 26.7. The van der Waals surface area contributed by atoms with E-state index in [-0.39, 0.29) is 5.78 Å². The fourth-order valence-electron chi connectivity index (χ4n) is 2.92. The molecule has 0 radical (unpaired) electrons. The number of carbonyl (C=O) groups is 2. The average molecular weight is 260 g/mol. The van der Waals surface area contributed by atoms with Crippen LogP contribution in [0.25, 0.3) is 0 Å². The van der Waals surface area contributed by atoms with Gasteiger partial charge in [0.25, 0.3) is 0 Å². The summed E-state index contributed by atoms with van der Waals surface area (Å²) in [5, 5.41) is 0. The van der Waals surface area contributed by atoms with Crippen LogP contribution in [-0.4, -0.2) is 35.2 Å². The number of benzene rings is 1. The maximum absolute atomic E-state index is 12.8. The molecule has 19 heavy (non-hydrogen) atoms. The summed E-state index contributed by atoms with van der Waals surface area (Å²) in [6, 6.07) is 8.96. The molecule has 2 N–H and O–H groups in total. The second kappa shape index (κ2) is 5.53. The summed E-state index contributed by atoms with van der Waals surface area (Å²) in [7, 11) is 0. The number of rotatable bonds is 5. The van der Waals surface area contributed by atoms with Crippen molar-refractivity contribution in [3.63, 3.8) is 0 Å². The van der Waals surface area contributed by atoms with Crippen molar-refractivity contribution in [3.05, 3.63) is 35.9 Å². The molecule has 0 aliphatic carbocycles. The molecule has 4 nitrogen and oxygen atoms in total. The maximum Gasteiger partial charge on any atom is 0.246 e. The van der Waals surface area contributed by atoms with E-state index in [1.54, 1.807) is 24.3 Å². The number of hydrogen-bond acceptors (Lipinski definition) is 3. The van der Waals surface area contributed by atoms with Crippen LogP contribution in [0, 0.1) is 0 Å². The van der Waals surface area contributed by atoms with Gasteiger partial charge in [0.05, 0.1) is 0 Å². The number of likely N-dealkylation sites (tertiary alicyclic amines) is 1. The largest absolute Gasteiger partial charge is 0.368 e. The number of amides is 1. The molecule has 0 bridgehead atoms. The molecule has 4 heteroatoms. The van der Waals surface area contributed by atoms with Gasteiger partial charge in [0, 0.05) is 5.56 Å². The first-order chi connectivity index (χ1) is 9.13. The Morgan fingerprint density at radius 2 is 2.00 bits per heavy atom. The van der Waals surface area contributed by atoms with Crippen molar-refractivity contribution >= 4 is 11.7 Å². The van der Waals surface area contributed by atoms with E-state index in [4.69, 9.17) is 5.73 Å². The zero-order valence-corrected chi connectivity index (χ0v) is 11.3. The lowest BCUT2D eigenvalue weighted by Crippen LogP contribution is -2.59. The Morgan fingerprint density at radius 1 is 1.32 bits per heavy atom. The number of carbonyl (C=O) groups excluding carboxylic acids is 2. The highest BCUT2D eigenvalue weighted by atomic mass is 16.2. The first-order valence-electron chi connectivity index (χ1n) is 6.77. The number of nitrogens with zero attached hydrogens (tertiary/aromatic N) is 1. The highest BCUT2D eigenvalue weighted by Crippen LogP contribution is 2.32. The number of nitrogens with two attached hydrogens (primary N) is 1. The normalized spacial score (nSPS) is 23.4. The molecule has 0 unspecified atom stereocenters. The molecule has 1 fully saturated rings. The standard InChI is InChI=1S/C15H20N2O2/c1-2-10-17-11-6-9-15(17,14(16)19)13(18)12-7-4-3-5-8-12/h3-5,7-8H,2,6,9-11H2,1H3,(H2,16,19)/t15-/m0/s1. The third-order valence-corrected chi connectivity index (χ3v) is 3.82. The number of primary amides is 1. The minimum Gasteiger partial charge on any atom is -0.368 e. The maximum atomic E-state index is 12.8. The third-order valence-electron chi connectivity index (χ3n) is 3.82. The lowest BCUT2D eigenvalue weighted by Gasteiger charge is -2.34. The van der Waals surface area contributed by atoms with E-state index >= 15 is 0 Å². The molecular weight excluding hydrogens is 240 g/mol. The zero-order chi connectivity index (χ0) is 13.9. The van der Waals surface area contributed by atoms with Crippen molar-refractivity contribution in [3.8, 4) is 0 Å². The van der Waals surface area contributed by atoms with Gasteiger partial charge in [-0.25, -0.2) is 0 Å². The fourth-order valence-corrected chi connectivity index (χ4v) is 2.92. The second-order valence-corrected chi connectivity index (χ2v) is 5.01. The van der Waals surface area contributed by atoms with E-state index in [0.29, 0.717) is 12.0 Å². The lowest BCUT2D eigenvalue weighted by molar-refractivity contribution is -0.126. The molecule has 2 rings (SSSR count). The number of ketones is 1. The van der Waals surface area contributed by atoms with E-state index in [9.17, 15) is 9.59 Å². The van der Waals surface area contributed by atoms with Gasteiger partial charge in [0.1, 0.15) is 0 Å². The van der Waals surface area contributed by atoms with Crippen LogP contribution in [0.5, 0.6) is 0 Å². The van der Waals surface area contributed by atoms with Crippen LogP contribution in [0.15, 0.2) is 30.3 Å². The molecule has 1 aliphatic heterocycles. The van der Waals surface area contributed by atoms with E-state index in [2.05, 4.69) is 0 Å². The molecule has 1 aliphatic rings. The van der Waals surface area contributed by atoms with Gasteiger partial charge in [-0.1, -0.05) is 37.3 Å². The van der Waals surface area contributed by atoms with Crippen LogP contribution >= 0.6 is 0 Å². The molecule has 1 atom stereocenters. The summed E-state index contributed by atoms with van der Waals surface area (Å²) in [5.41, 5.74) is 5.01. The molecule has 0 aromatic heterocycles. The van der Waals surface area contributed by atoms with Crippen LogP contribution in [-0.2, 0) is 4.79 Å². The Labute approximate surface area is 113 Å². The van der Waals surface area contributed by atoms with E-state index in [0.717, 1.165) is 25.9 Å². The van der Waals surface area contributed by atoms with Gasteiger partial charge < -0.3 is 5.73 Å². The highest BCUT2D eigenvalue weighted by molar-refractivity contribution is 6.17. The number of Topliss-reactive ketones (excluding diaryl/α,β-unsaturated/α-hetero) is 1. The topological polar surface area (TPSA) is 63.4 Å². The first-order valence-corrected chi connectivity index (χ1v) is 6.77. The van der Waals surface area contributed by atoms with Crippen molar-refractivity contribution in [2.45, 2.75) is 31.7 Å². The Hall–Kier alpha value is -1.68. The molecule has 1 aromatic carbocycles. The monoisotopic (exact) mass is 260 g/mol. The van der Waals surface area contributed by atoms with Crippen molar-refractivity contribution < 1.29 is 9.59 Å². The Kier molecular flexibility index (Phi) is 4.00. The second-order valence-electron chi connectivity index (χ2n) is 5.01.